The fraction of sp³-hybridized carbons (Fsp3) is 1.00. The van der Waals surface area contributed by atoms with Crippen molar-refractivity contribution in [2.24, 2.45) is 45.3 Å². The Morgan fingerprint density at radius 1 is 0.732 bits per heavy atom. The number of fused-ring (bicyclic) bond motifs is 5. The van der Waals surface area contributed by atoms with Gasteiger partial charge in [-0.15, -0.1) is 0 Å². The van der Waals surface area contributed by atoms with E-state index in [0.29, 0.717) is 25.7 Å². The molecule has 0 aromatic carbocycles. The van der Waals surface area contributed by atoms with E-state index in [1.54, 1.807) is 13.8 Å². The van der Waals surface area contributed by atoms with Crippen LogP contribution in [0.4, 0.5) is 0 Å². The molecule has 0 spiro atoms. The van der Waals surface area contributed by atoms with Crippen molar-refractivity contribution in [3.63, 3.8) is 0 Å². The van der Waals surface area contributed by atoms with Gasteiger partial charge in [-0.1, -0.05) is 34.6 Å². The zero-order valence-corrected chi connectivity index (χ0v) is 34.8. The molecule has 7 aliphatic rings. The van der Waals surface area contributed by atoms with Crippen molar-refractivity contribution in [2.45, 2.75) is 211 Å². The molecule has 3 aliphatic heterocycles. The molecule has 14 nitrogen and oxygen atoms in total. The number of aliphatic hydroxyl groups excluding tert-OH is 8. The normalized spacial score (nSPS) is 57.3. The second kappa shape index (κ2) is 14.5. The Morgan fingerprint density at radius 3 is 2.04 bits per heavy atom. The Hall–Kier alpha value is -0.560. The molecule has 0 aromatic heterocycles. The highest BCUT2D eigenvalue weighted by Crippen LogP contribution is 2.76. The summed E-state index contributed by atoms with van der Waals surface area (Å²) in [4.78, 5) is 0. The fourth-order valence-corrected chi connectivity index (χ4v) is 14.1. The molecule has 3 saturated heterocycles. The van der Waals surface area contributed by atoms with E-state index in [1.807, 2.05) is 0 Å². The van der Waals surface area contributed by atoms with Gasteiger partial charge in [0, 0.05) is 0 Å². The summed E-state index contributed by atoms with van der Waals surface area (Å²) in [5, 5.41) is 99.5. The summed E-state index contributed by atoms with van der Waals surface area (Å²) in [5.41, 5.74) is -3.36. The van der Waals surface area contributed by atoms with Crippen molar-refractivity contribution in [2.75, 3.05) is 6.61 Å². The molecular formula is C42H72O14. The highest BCUT2D eigenvalue weighted by Gasteiger charge is 2.74. The molecular weight excluding hydrogens is 728 g/mol. The van der Waals surface area contributed by atoms with Crippen molar-refractivity contribution in [3.05, 3.63) is 0 Å². The molecule has 7 rings (SSSR count). The highest BCUT2D eigenvalue weighted by atomic mass is 16.8. The molecule has 7 fully saturated rings. The summed E-state index contributed by atoms with van der Waals surface area (Å²) in [7, 11) is 0. The summed E-state index contributed by atoms with van der Waals surface area (Å²) in [6.07, 6.45) is -11.0. The van der Waals surface area contributed by atoms with E-state index in [4.69, 9.17) is 23.7 Å². The summed E-state index contributed by atoms with van der Waals surface area (Å²) in [6, 6.07) is 0. The van der Waals surface area contributed by atoms with Crippen LogP contribution in [-0.4, -0.2) is 150 Å². The van der Waals surface area contributed by atoms with E-state index < -0.39 is 114 Å². The zero-order chi connectivity index (χ0) is 41.3. The number of aliphatic hydroxyl groups is 9. The van der Waals surface area contributed by atoms with Crippen LogP contribution < -0.4 is 0 Å². The molecule has 4 saturated carbocycles. The van der Waals surface area contributed by atoms with Crippen LogP contribution in [-0.2, 0) is 23.7 Å². The number of hydrogen-bond acceptors (Lipinski definition) is 14. The van der Waals surface area contributed by atoms with E-state index in [9.17, 15) is 46.0 Å². The molecule has 22 atom stereocenters. The van der Waals surface area contributed by atoms with Crippen LogP contribution in [0.1, 0.15) is 114 Å². The molecule has 56 heavy (non-hydrogen) atoms. The van der Waals surface area contributed by atoms with Gasteiger partial charge in [-0.05, 0) is 124 Å². The van der Waals surface area contributed by atoms with Crippen molar-refractivity contribution >= 4 is 0 Å². The molecule has 0 aromatic rings. The second-order valence-electron chi connectivity index (χ2n) is 21.2. The van der Waals surface area contributed by atoms with Crippen molar-refractivity contribution in [3.8, 4) is 0 Å². The van der Waals surface area contributed by atoms with Crippen LogP contribution in [0.5, 0.6) is 0 Å². The van der Waals surface area contributed by atoms with E-state index in [0.717, 1.165) is 25.7 Å². The van der Waals surface area contributed by atoms with Crippen molar-refractivity contribution in [1.29, 1.82) is 0 Å². The summed E-state index contributed by atoms with van der Waals surface area (Å²) in [6.45, 7) is 17.6. The molecule has 0 unspecified atom stereocenters. The minimum atomic E-state index is -1.70. The number of ether oxygens (including phenoxy) is 5. The van der Waals surface area contributed by atoms with Crippen molar-refractivity contribution in [1.82, 2.24) is 0 Å². The second-order valence-corrected chi connectivity index (χ2v) is 21.2. The summed E-state index contributed by atoms with van der Waals surface area (Å²) in [5.74, 6) is -0.246. The van der Waals surface area contributed by atoms with E-state index in [2.05, 4.69) is 41.5 Å². The summed E-state index contributed by atoms with van der Waals surface area (Å²) < 4.78 is 32.0. The van der Waals surface area contributed by atoms with Gasteiger partial charge < -0.3 is 69.6 Å². The van der Waals surface area contributed by atoms with Gasteiger partial charge in [-0.25, -0.2) is 0 Å². The molecule has 0 radical (unpaired) electrons. The fourth-order valence-electron chi connectivity index (χ4n) is 14.1. The standard InChI is InChI=1S/C42H72O14/c1-19-28(46)30(48)32(50)35(52-19)55-33-31(49)29(47)23(18-43)54-36(33)53-22-17-41(8)24(39(6)13-11-25(45)37(2,3)34(22)39)16-21(44)27-20(10-14-40(27,41)7)42(9)15-12-26(56-42)38(4,5)51/h19-36,43-51H,10-18H2,1-9H3/t19-,20-,21+,22-,23+,24+,25-,26-,27-,28-,29-,30+,31-,32+,33+,34-,35-,36+,39+,40+,41+,42-/m0/s1. The maximum Gasteiger partial charge on any atom is 0.187 e. The largest absolute Gasteiger partial charge is 0.394 e. The Kier molecular flexibility index (Phi) is 11.3. The molecule has 324 valence electrons. The Bertz CT molecular complexity index is 1430. The van der Waals surface area contributed by atoms with E-state index in [1.165, 1.54) is 6.92 Å². The summed E-state index contributed by atoms with van der Waals surface area (Å²) >= 11 is 0. The van der Waals surface area contributed by atoms with Gasteiger partial charge >= 0.3 is 0 Å². The lowest BCUT2D eigenvalue weighted by Gasteiger charge is -2.72. The number of rotatable bonds is 7. The average Bonchev–Trinajstić information content (AvgIpc) is 3.71. The molecule has 0 bridgehead atoms. The van der Waals surface area contributed by atoms with E-state index in [-0.39, 0.29) is 35.2 Å². The lowest BCUT2D eigenvalue weighted by molar-refractivity contribution is -0.382. The lowest BCUT2D eigenvalue weighted by atomic mass is 9.34. The van der Waals surface area contributed by atoms with Crippen LogP contribution in [0, 0.1) is 45.3 Å². The van der Waals surface area contributed by atoms with Crippen LogP contribution >= 0.6 is 0 Å². The van der Waals surface area contributed by atoms with Gasteiger partial charge in [0.1, 0.15) is 42.7 Å². The van der Waals surface area contributed by atoms with Crippen LogP contribution in [0.2, 0.25) is 0 Å². The zero-order valence-electron chi connectivity index (χ0n) is 34.8. The molecule has 9 N–H and O–H groups in total. The quantitative estimate of drug-likeness (QED) is 0.166. The molecule has 14 heteroatoms. The van der Waals surface area contributed by atoms with Crippen LogP contribution in [0.25, 0.3) is 0 Å². The van der Waals surface area contributed by atoms with Crippen molar-refractivity contribution < 1.29 is 69.6 Å². The first-order chi connectivity index (χ1) is 25.9. The van der Waals surface area contributed by atoms with Gasteiger partial charge in [0.05, 0.1) is 48.3 Å². The molecule has 3 heterocycles. The van der Waals surface area contributed by atoms with Gasteiger partial charge in [0.2, 0.25) is 0 Å². The van der Waals surface area contributed by atoms with Gasteiger partial charge in [-0.3, -0.25) is 0 Å². The minimum Gasteiger partial charge on any atom is -0.394 e. The van der Waals surface area contributed by atoms with E-state index >= 15 is 0 Å². The topological polar surface area (TPSA) is 228 Å². The van der Waals surface area contributed by atoms with Crippen LogP contribution in [0.15, 0.2) is 0 Å². The first-order valence-electron chi connectivity index (χ1n) is 21.2. The number of hydrogen-bond donors (Lipinski definition) is 9. The SMILES string of the molecule is C[C@@H]1O[C@@H](O[C@H]2[C@H](O[C@H]3C[C@]4(C)[C@H](C[C@@H](O)[C@@H]5[C@@H]([C@]6(C)CC[C@@H](C(C)(C)O)O6)CC[C@]54C)[C@@]4(C)CC[C@H](O)C(C)(C)[C@H]34)O[C@H](CO)[C@H](O)[C@@H]2O)[C@H](O)[C@H](O)[C@H]1O. The van der Waals surface area contributed by atoms with Crippen LogP contribution in [0.3, 0.4) is 0 Å². The molecule has 0 amide bonds. The lowest BCUT2D eigenvalue weighted by Crippen LogP contribution is -2.71. The van der Waals surface area contributed by atoms with Gasteiger partial charge in [0.25, 0.3) is 0 Å². The Labute approximate surface area is 331 Å². The third kappa shape index (κ3) is 6.49. The van der Waals surface area contributed by atoms with Gasteiger partial charge in [-0.2, -0.15) is 0 Å². The monoisotopic (exact) mass is 800 g/mol. The Morgan fingerprint density at radius 2 is 1.41 bits per heavy atom. The maximum atomic E-state index is 12.4. The third-order valence-electron chi connectivity index (χ3n) is 17.3. The molecule has 4 aliphatic carbocycles. The predicted molar refractivity (Wildman–Crippen MR) is 200 cm³/mol. The predicted octanol–water partition coefficient (Wildman–Crippen LogP) is 1.36. The smallest absolute Gasteiger partial charge is 0.187 e. The average molecular weight is 801 g/mol. The highest BCUT2D eigenvalue weighted by molar-refractivity contribution is 5.22. The first-order valence-corrected chi connectivity index (χ1v) is 21.2. The maximum absolute atomic E-state index is 12.4. The minimum absolute atomic E-state index is 0.0557. The third-order valence-corrected chi connectivity index (χ3v) is 17.3. The van der Waals surface area contributed by atoms with Gasteiger partial charge in [0.15, 0.2) is 12.6 Å². The first kappa shape index (κ1) is 43.5. The Balaban J connectivity index is 1.26.